The summed E-state index contributed by atoms with van der Waals surface area (Å²) in [6.45, 7) is 6.84. The predicted molar refractivity (Wildman–Crippen MR) is 78.4 cm³/mol. The Morgan fingerprint density at radius 1 is 1.30 bits per heavy atom. The third kappa shape index (κ3) is 6.19. The van der Waals surface area contributed by atoms with E-state index >= 15 is 0 Å². The molecule has 1 heterocycles. The maximum absolute atomic E-state index is 11.8. The van der Waals surface area contributed by atoms with Crippen LogP contribution in [0.4, 0.5) is 0 Å². The molecule has 1 saturated heterocycles. The highest BCUT2D eigenvalue weighted by Crippen LogP contribution is 2.06. The normalized spacial score (nSPS) is 20.5. The van der Waals surface area contributed by atoms with Crippen molar-refractivity contribution in [2.75, 3.05) is 44.3 Å². The number of carbonyl (C=O) groups excluding carboxylic acids is 1. The fraction of sp³-hybridized carbons (Fsp3) is 0.923. The fourth-order valence-corrected chi connectivity index (χ4v) is 3.43. The van der Waals surface area contributed by atoms with Crippen molar-refractivity contribution >= 4 is 15.8 Å². The van der Waals surface area contributed by atoms with Gasteiger partial charge in [0.2, 0.25) is 0 Å². The minimum atomic E-state index is -2.84. The van der Waals surface area contributed by atoms with Crippen LogP contribution in [-0.4, -0.2) is 69.6 Å². The van der Waals surface area contributed by atoms with Crippen LogP contribution in [-0.2, 0) is 19.4 Å². The molecular weight excluding hydrogens is 280 g/mol. The summed E-state index contributed by atoms with van der Waals surface area (Å²) >= 11 is 0. The van der Waals surface area contributed by atoms with Gasteiger partial charge in [-0.05, 0) is 26.3 Å². The van der Waals surface area contributed by atoms with Crippen LogP contribution >= 0.6 is 0 Å². The van der Waals surface area contributed by atoms with Gasteiger partial charge in [0.05, 0.1) is 18.1 Å². The molecule has 1 N–H and O–H groups in total. The second-order valence-corrected chi connectivity index (χ2v) is 7.34. The smallest absolute Gasteiger partial charge is 0.323 e. The minimum Gasteiger partial charge on any atom is -0.465 e. The van der Waals surface area contributed by atoms with E-state index < -0.39 is 9.84 Å². The average Bonchev–Trinajstić information content (AvgIpc) is 2.40. The molecule has 1 unspecified atom stereocenters. The lowest BCUT2D eigenvalue weighted by Gasteiger charge is -2.28. The number of carbonyl (C=O) groups is 1. The molecule has 7 heteroatoms. The molecule has 0 radical (unpaired) electrons. The highest BCUT2D eigenvalue weighted by molar-refractivity contribution is 7.91. The van der Waals surface area contributed by atoms with Gasteiger partial charge in [-0.1, -0.05) is 6.92 Å². The first-order chi connectivity index (χ1) is 9.48. The standard InChI is InChI=1S/C13H26N2O4S/c1-3-6-14-12(13(16)19-4-2)5-7-15-8-10-20(17,18)11-9-15/h12,14H,3-11H2,1-2H3. The number of nitrogens with one attached hydrogen (secondary N) is 1. The molecule has 20 heavy (non-hydrogen) atoms. The van der Waals surface area contributed by atoms with Crippen molar-refractivity contribution in [3.8, 4) is 0 Å². The van der Waals surface area contributed by atoms with Gasteiger partial charge in [-0.25, -0.2) is 8.42 Å². The molecule has 0 aromatic rings. The molecule has 1 rings (SSSR count). The highest BCUT2D eigenvalue weighted by Gasteiger charge is 2.24. The zero-order valence-corrected chi connectivity index (χ0v) is 13.2. The number of nitrogens with zero attached hydrogens (tertiary/aromatic N) is 1. The van der Waals surface area contributed by atoms with Gasteiger partial charge in [-0.15, -0.1) is 0 Å². The Balaban J connectivity index is 2.39. The molecule has 1 atom stereocenters. The molecule has 0 bridgehead atoms. The molecule has 1 aliphatic heterocycles. The van der Waals surface area contributed by atoms with Gasteiger partial charge in [0.15, 0.2) is 9.84 Å². The Labute approximate surface area is 121 Å². The molecule has 0 saturated carbocycles. The second-order valence-electron chi connectivity index (χ2n) is 5.04. The van der Waals surface area contributed by atoms with E-state index in [2.05, 4.69) is 10.2 Å². The van der Waals surface area contributed by atoms with E-state index in [9.17, 15) is 13.2 Å². The summed E-state index contributed by atoms with van der Waals surface area (Å²) < 4.78 is 27.8. The lowest BCUT2D eigenvalue weighted by Crippen LogP contribution is -2.45. The van der Waals surface area contributed by atoms with Crippen LogP contribution < -0.4 is 5.32 Å². The molecule has 118 valence electrons. The lowest BCUT2D eigenvalue weighted by molar-refractivity contribution is -0.145. The van der Waals surface area contributed by atoms with E-state index in [1.54, 1.807) is 6.92 Å². The van der Waals surface area contributed by atoms with E-state index in [0.29, 0.717) is 26.1 Å². The number of ether oxygens (including phenoxy) is 1. The van der Waals surface area contributed by atoms with Gasteiger partial charge in [0.1, 0.15) is 6.04 Å². The third-order valence-electron chi connectivity index (χ3n) is 3.38. The van der Waals surface area contributed by atoms with Gasteiger partial charge < -0.3 is 15.0 Å². The zero-order valence-electron chi connectivity index (χ0n) is 12.4. The topological polar surface area (TPSA) is 75.7 Å². The van der Waals surface area contributed by atoms with Crippen LogP contribution in [0.25, 0.3) is 0 Å². The molecule has 0 aromatic heterocycles. The quantitative estimate of drug-likeness (QED) is 0.638. The number of hydrogen-bond acceptors (Lipinski definition) is 6. The van der Waals surface area contributed by atoms with Gasteiger partial charge >= 0.3 is 5.97 Å². The largest absolute Gasteiger partial charge is 0.465 e. The molecule has 0 aromatic carbocycles. The van der Waals surface area contributed by atoms with Crippen molar-refractivity contribution in [3.63, 3.8) is 0 Å². The molecule has 1 aliphatic rings. The van der Waals surface area contributed by atoms with Crippen LogP contribution in [0.2, 0.25) is 0 Å². The molecule has 0 aliphatic carbocycles. The average molecular weight is 306 g/mol. The van der Waals surface area contributed by atoms with Crippen molar-refractivity contribution < 1.29 is 17.9 Å². The summed E-state index contributed by atoms with van der Waals surface area (Å²) in [4.78, 5) is 13.9. The van der Waals surface area contributed by atoms with Crippen molar-refractivity contribution in [2.24, 2.45) is 0 Å². The van der Waals surface area contributed by atoms with E-state index in [0.717, 1.165) is 19.5 Å². The lowest BCUT2D eigenvalue weighted by atomic mass is 10.2. The molecule has 6 nitrogen and oxygen atoms in total. The maximum Gasteiger partial charge on any atom is 0.323 e. The van der Waals surface area contributed by atoms with Gasteiger partial charge in [-0.2, -0.15) is 0 Å². The Morgan fingerprint density at radius 2 is 1.95 bits per heavy atom. The summed E-state index contributed by atoms with van der Waals surface area (Å²) in [6, 6.07) is -0.298. The third-order valence-corrected chi connectivity index (χ3v) is 4.99. The molecule has 0 spiro atoms. The van der Waals surface area contributed by atoms with Crippen molar-refractivity contribution in [1.82, 2.24) is 10.2 Å². The molecule has 1 fully saturated rings. The number of esters is 1. The van der Waals surface area contributed by atoms with E-state index in [1.165, 1.54) is 0 Å². The van der Waals surface area contributed by atoms with Crippen molar-refractivity contribution in [1.29, 1.82) is 0 Å². The first-order valence-electron chi connectivity index (χ1n) is 7.31. The summed E-state index contributed by atoms with van der Waals surface area (Å²) in [5, 5.41) is 3.19. The first-order valence-corrected chi connectivity index (χ1v) is 9.13. The number of hydrogen-bond donors (Lipinski definition) is 1. The summed E-state index contributed by atoms with van der Waals surface area (Å²) in [5.74, 6) is 0.226. The van der Waals surface area contributed by atoms with Crippen LogP contribution in [0.1, 0.15) is 26.7 Å². The second kappa shape index (κ2) is 8.59. The van der Waals surface area contributed by atoms with Crippen LogP contribution in [0.15, 0.2) is 0 Å². The van der Waals surface area contributed by atoms with Gasteiger partial charge in [0, 0.05) is 19.6 Å². The monoisotopic (exact) mass is 306 g/mol. The minimum absolute atomic E-state index is 0.217. The molecule has 0 amide bonds. The van der Waals surface area contributed by atoms with E-state index in [-0.39, 0.29) is 23.5 Å². The zero-order chi connectivity index (χ0) is 15.0. The fourth-order valence-electron chi connectivity index (χ4n) is 2.15. The van der Waals surface area contributed by atoms with Gasteiger partial charge in [-0.3, -0.25) is 4.79 Å². The van der Waals surface area contributed by atoms with E-state index in [1.807, 2.05) is 6.92 Å². The van der Waals surface area contributed by atoms with Crippen LogP contribution in [0.5, 0.6) is 0 Å². The van der Waals surface area contributed by atoms with Crippen LogP contribution in [0, 0.1) is 0 Å². The highest BCUT2D eigenvalue weighted by atomic mass is 32.2. The van der Waals surface area contributed by atoms with Crippen LogP contribution in [0.3, 0.4) is 0 Å². The molecular formula is C13H26N2O4S. The SMILES string of the molecule is CCCNC(CCN1CCS(=O)(=O)CC1)C(=O)OCC. The van der Waals surface area contributed by atoms with Gasteiger partial charge in [0.25, 0.3) is 0 Å². The Hall–Kier alpha value is -0.660. The summed E-state index contributed by atoms with van der Waals surface area (Å²) in [7, 11) is -2.84. The van der Waals surface area contributed by atoms with E-state index in [4.69, 9.17) is 4.74 Å². The van der Waals surface area contributed by atoms with Crippen molar-refractivity contribution in [2.45, 2.75) is 32.7 Å². The Bertz CT molecular complexity index is 383. The summed E-state index contributed by atoms with van der Waals surface area (Å²) in [5.41, 5.74) is 0. The number of rotatable bonds is 8. The first kappa shape index (κ1) is 17.4. The maximum atomic E-state index is 11.8. The Kier molecular flexibility index (Phi) is 7.47. The number of sulfone groups is 1. The Morgan fingerprint density at radius 3 is 2.50 bits per heavy atom. The summed E-state index contributed by atoms with van der Waals surface area (Å²) in [6.07, 6.45) is 1.61. The predicted octanol–water partition coefficient (Wildman–Crippen LogP) is 0.0382. The van der Waals surface area contributed by atoms with Crippen molar-refractivity contribution in [3.05, 3.63) is 0 Å².